The third kappa shape index (κ3) is 8.20. The summed E-state index contributed by atoms with van der Waals surface area (Å²) in [6, 6.07) is 21.4. The van der Waals surface area contributed by atoms with E-state index in [0.29, 0.717) is 28.9 Å². The minimum absolute atomic E-state index is 0.273. The molecule has 0 atom stereocenters. The average molecular weight is 513 g/mol. The number of anilines is 1. The Morgan fingerprint density at radius 1 is 1.00 bits per heavy atom. The van der Waals surface area contributed by atoms with Crippen molar-refractivity contribution in [2.45, 2.75) is 39.6 Å². The molecule has 0 fully saturated rings. The quantitative estimate of drug-likeness (QED) is 0.193. The lowest BCUT2D eigenvalue weighted by Gasteiger charge is -2.14. The topological polar surface area (TPSA) is 58.0 Å². The summed E-state index contributed by atoms with van der Waals surface area (Å²) in [6.45, 7) is 6.20. The van der Waals surface area contributed by atoms with Gasteiger partial charge < -0.3 is 10.1 Å². The van der Waals surface area contributed by atoms with E-state index < -0.39 is 6.36 Å². The Kier molecular flexibility index (Phi) is 9.19. The normalized spacial score (nSPS) is 12.1. The molecule has 0 saturated heterocycles. The number of alkyl halides is 3. The second kappa shape index (κ2) is 12.3. The van der Waals surface area contributed by atoms with E-state index >= 15 is 0 Å². The average Bonchev–Trinajstić information content (AvgIpc) is 2.83. The number of aliphatic imine (C=N–C) groups is 1. The Morgan fingerprint density at radius 3 is 2.36 bits per heavy atom. The van der Waals surface area contributed by atoms with Gasteiger partial charge >= 0.3 is 6.36 Å². The van der Waals surface area contributed by atoms with E-state index in [1.807, 2.05) is 42.5 Å². The van der Waals surface area contributed by atoms with Crippen LogP contribution in [0.4, 0.5) is 18.9 Å². The molecule has 188 valence electrons. The van der Waals surface area contributed by atoms with E-state index in [-0.39, 0.29) is 5.75 Å². The summed E-state index contributed by atoms with van der Waals surface area (Å²) >= 11 is 5.33. The van der Waals surface area contributed by atoms with Crippen molar-refractivity contribution in [3.8, 4) is 5.75 Å². The number of rotatable bonds is 8. The third-order valence-corrected chi connectivity index (χ3v) is 5.39. The van der Waals surface area contributed by atoms with Crippen LogP contribution in [0.1, 0.15) is 48.9 Å². The lowest BCUT2D eigenvalue weighted by molar-refractivity contribution is -0.274. The molecule has 0 bridgehead atoms. The monoisotopic (exact) mass is 512 g/mol. The number of ether oxygens (including phenoxy) is 1. The third-order valence-electron chi connectivity index (χ3n) is 5.19. The van der Waals surface area contributed by atoms with Crippen molar-refractivity contribution in [3.63, 3.8) is 0 Å². The van der Waals surface area contributed by atoms with Gasteiger partial charge in [-0.05, 0) is 59.9 Å². The zero-order valence-electron chi connectivity index (χ0n) is 20.1. The maximum absolute atomic E-state index is 12.7. The van der Waals surface area contributed by atoms with E-state index in [1.165, 1.54) is 12.1 Å². The second-order valence-corrected chi connectivity index (χ2v) is 8.66. The van der Waals surface area contributed by atoms with Crippen LogP contribution in [0.5, 0.6) is 5.75 Å². The van der Waals surface area contributed by atoms with Gasteiger partial charge in [-0.1, -0.05) is 68.4 Å². The van der Waals surface area contributed by atoms with Crippen molar-refractivity contribution in [2.24, 2.45) is 10.1 Å². The van der Waals surface area contributed by atoms with Crippen molar-refractivity contribution in [1.29, 1.82) is 0 Å². The highest BCUT2D eigenvalue weighted by molar-refractivity contribution is 7.80. The molecule has 0 unspecified atom stereocenters. The Bertz CT molecular complexity index is 1240. The molecule has 0 saturated carbocycles. The molecule has 0 aromatic heterocycles. The first-order valence-corrected chi connectivity index (χ1v) is 11.7. The van der Waals surface area contributed by atoms with Gasteiger partial charge in [0.2, 0.25) is 0 Å². The van der Waals surface area contributed by atoms with Gasteiger partial charge in [0.1, 0.15) is 5.75 Å². The van der Waals surface area contributed by atoms with Crippen molar-refractivity contribution in [3.05, 3.63) is 95.1 Å². The molecular weight excluding hydrogens is 485 g/mol. The second-order valence-electron chi connectivity index (χ2n) is 8.25. The van der Waals surface area contributed by atoms with E-state index in [4.69, 9.17) is 12.2 Å². The summed E-state index contributed by atoms with van der Waals surface area (Å²) in [5.41, 5.74) is 7.41. The predicted molar refractivity (Wildman–Crippen MR) is 143 cm³/mol. The van der Waals surface area contributed by atoms with Crippen molar-refractivity contribution < 1.29 is 17.9 Å². The number of nitrogens with one attached hydrogen (secondary N) is 2. The van der Waals surface area contributed by atoms with Gasteiger partial charge in [0.25, 0.3) is 0 Å². The number of halogens is 3. The number of hydrogen-bond donors (Lipinski definition) is 2. The molecule has 5 nitrogen and oxygen atoms in total. The molecule has 9 heteroatoms. The fourth-order valence-corrected chi connectivity index (χ4v) is 3.58. The SMILES string of the molecule is CC(=NCc1ccc(/C=N/NC(=S)Nc2ccccc2C(C)C)cc1)c1ccccc1OC(F)(F)F. The number of nitrogens with zero attached hydrogens (tertiary/aromatic N) is 2. The largest absolute Gasteiger partial charge is 0.573 e. The van der Waals surface area contributed by atoms with Gasteiger partial charge in [-0.2, -0.15) is 5.10 Å². The van der Waals surface area contributed by atoms with E-state index in [0.717, 1.165) is 22.4 Å². The van der Waals surface area contributed by atoms with Gasteiger partial charge in [-0.3, -0.25) is 10.4 Å². The lowest BCUT2D eigenvalue weighted by atomic mass is 10.0. The Labute approximate surface area is 214 Å². The first-order chi connectivity index (χ1) is 17.1. The summed E-state index contributed by atoms with van der Waals surface area (Å²) in [6.07, 6.45) is -3.12. The first kappa shape index (κ1) is 26.9. The maximum Gasteiger partial charge on any atom is 0.573 e. The molecule has 3 aromatic rings. The van der Waals surface area contributed by atoms with Crippen molar-refractivity contribution >= 4 is 34.9 Å². The number of hydrogen-bond acceptors (Lipinski definition) is 4. The fraction of sp³-hybridized carbons (Fsp3) is 0.222. The number of benzene rings is 3. The van der Waals surface area contributed by atoms with Crippen LogP contribution >= 0.6 is 12.2 Å². The molecule has 0 heterocycles. The Morgan fingerprint density at radius 2 is 1.67 bits per heavy atom. The summed E-state index contributed by atoms with van der Waals surface area (Å²) in [4.78, 5) is 4.43. The van der Waals surface area contributed by atoms with Crippen LogP contribution in [0.15, 0.2) is 82.9 Å². The van der Waals surface area contributed by atoms with Gasteiger partial charge in [-0.15, -0.1) is 13.2 Å². The molecule has 0 aliphatic carbocycles. The molecule has 0 spiro atoms. The van der Waals surface area contributed by atoms with Crippen LogP contribution in [-0.2, 0) is 6.54 Å². The highest BCUT2D eigenvalue weighted by atomic mass is 32.1. The molecular formula is C27H27F3N4OS. The first-order valence-electron chi connectivity index (χ1n) is 11.3. The van der Waals surface area contributed by atoms with Gasteiger partial charge in [0.15, 0.2) is 5.11 Å². The van der Waals surface area contributed by atoms with E-state index in [1.54, 1.807) is 25.3 Å². The number of hydrazone groups is 1. The van der Waals surface area contributed by atoms with Crippen molar-refractivity contribution in [1.82, 2.24) is 5.43 Å². The zero-order valence-corrected chi connectivity index (χ0v) is 21.0. The maximum atomic E-state index is 12.7. The van der Waals surface area contributed by atoms with Crippen LogP contribution < -0.4 is 15.5 Å². The molecule has 0 amide bonds. The van der Waals surface area contributed by atoms with Crippen LogP contribution in [0, 0.1) is 0 Å². The van der Waals surface area contributed by atoms with Crippen LogP contribution in [-0.4, -0.2) is 23.4 Å². The zero-order chi connectivity index (χ0) is 26.1. The standard InChI is InChI=1S/C27H27F3N4OS/c1-18(2)22-8-4-6-10-24(22)33-26(36)34-32-17-21-14-12-20(13-15-21)16-31-19(3)23-9-5-7-11-25(23)35-27(28,29)30/h4-15,17-18H,16H2,1-3H3,(H2,33,34,36)/b31-19?,32-17+. The van der Waals surface area contributed by atoms with E-state index in [2.05, 4.69) is 45.5 Å². The summed E-state index contributed by atoms with van der Waals surface area (Å²) in [5.74, 6) is 0.0833. The summed E-state index contributed by atoms with van der Waals surface area (Å²) in [5, 5.41) is 7.73. The van der Waals surface area contributed by atoms with Crippen LogP contribution in [0.3, 0.4) is 0 Å². The number of para-hydroxylation sites is 2. The predicted octanol–water partition coefficient (Wildman–Crippen LogP) is 7.04. The van der Waals surface area contributed by atoms with Crippen LogP contribution in [0.2, 0.25) is 0 Å². The molecule has 2 N–H and O–H groups in total. The minimum atomic E-state index is -4.76. The Hall–Kier alpha value is -3.72. The van der Waals surface area contributed by atoms with Gasteiger partial charge in [-0.25, -0.2) is 0 Å². The van der Waals surface area contributed by atoms with Crippen LogP contribution in [0.25, 0.3) is 0 Å². The van der Waals surface area contributed by atoms with Gasteiger partial charge in [0.05, 0.1) is 12.8 Å². The van der Waals surface area contributed by atoms with E-state index in [9.17, 15) is 13.2 Å². The minimum Gasteiger partial charge on any atom is -0.405 e. The lowest BCUT2D eigenvalue weighted by Crippen LogP contribution is -2.24. The molecule has 0 aliphatic rings. The molecule has 36 heavy (non-hydrogen) atoms. The Balaban J connectivity index is 1.57. The molecule has 3 rings (SSSR count). The highest BCUT2D eigenvalue weighted by Crippen LogP contribution is 2.27. The van der Waals surface area contributed by atoms with Gasteiger partial charge in [0, 0.05) is 17.0 Å². The highest BCUT2D eigenvalue weighted by Gasteiger charge is 2.32. The molecule has 0 aliphatic heterocycles. The molecule has 3 aromatic carbocycles. The van der Waals surface area contributed by atoms with Crippen molar-refractivity contribution in [2.75, 3.05) is 5.32 Å². The fourth-order valence-electron chi connectivity index (χ4n) is 3.41. The summed E-state index contributed by atoms with van der Waals surface area (Å²) in [7, 11) is 0. The smallest absolute Gasteiger partial charge is 0.405 e. The summed E-state index contributed by atoms with van der Waals surface area (Å²) < 4.78 is 42.1. The molecule has 0 radical (unpaired) electrons. The number of thiocarbonyl (C=S) groups is 1.